The van der Waals surface area contributed by atoms with E-state index in [9.17, 15) is 8.42 Å². The van der Waals surface area contributed by atoms with Gasteiger partial charge in [-0.3, -0.25) is 0 Å². The summed E-state index contributed by atoms with van der Waals surface area (Å²) >= 11 is 0. The first-order valence-electron chi connectivity index (χ1n) is 5.23. The predicted octanol–water partition coefficient (Wildman–Crippen LogP) is 0.681. The molecule has 1 aliphatic heterocycles. The summed E-state index contributed by atoms with van der Waals surface area (Å²) in [5.74, 6) is 0.363. The fraction of sp³-hybridized carbons (Fsp3) is 0.600. The number of nitrogens with one attached hydrogen (secondary N) is 2. The second kappa shape index (κ2) is 4.37. The van der Waals surface area contributed by atoms with Gasteiger partial charge in [0.15, 0.2) is 9.84 Å². The third-order valence-corrected chi connectivity index (χ3v) is 5.09. The Morgan fingerprint density at radius 2 is 2.40 bits per heavy atom. The monoisotopic (exact) mass is 228 g/mol. The molecule has 0 bridgehead atoms. The zero-order chi connectivity index (χ0) is 10.7. The van der Waals surface area contributed by atoms with Gasteiger partial charge in [0.25, 0.3) is 0 Å². The molecule has 5 heteroatoms. The molecule has 0 radical (unpaired) electrons. The van der Waals surface area contributed by atoms with Crippen LogP contribution in [0, 0.1) is 0 Å². The third-order valence-electron chi connectivity index (χ3n) is 2.81. The van der Waals surface area contributed by atoms with Gasteiger partial charge in [0.05, 0.1) is 11.0 Å². The van der Waals surface area contributed by atoms with Crippen LogP contribution in [0.3, 0.4) is 0 Å². The van der Waals surface area contributed by atoms with Crippen LogP contribution < -0.4 is 5.32 Å². The van der Waals surface area contributed by atoms with E-state index in [2.05, 4.69) is 10.3 Å². The summed E-state index contributed by atoms with van der Waals surface area (Å²) in [6.07, 6.45) is 3.49. The third kappa shape index (κ3) is 2.60. The van der Waals surface area contributed by atoms with E-state index in [0.717, 1.165) is 18.5 Å². The first-order valence-corrected chi connectivity index (χ1v) is 6.94. The maximum absolute atomic E-state index is 11.5. The van der Waals surface area contributed by atoms with Crippen LogP contribution in [-0.2, 0) is 16.4 Å². The van der Waals surface area contributed by atoms with Gasteiger partial charge >= 0.3 is 0 Å². The van der Waals surface area contributed by atoms with Crippen LogP contribution in [0.15, 0.2) is 18.3 Å². The minimum Gasteiger partial charge on any atom is -0.364 e. The summed E-state index contributed by atoms with van der Waals surface area (Å²) in [5.41, 5.74) is 1.09. The van der Waals surface area contributed by atoms with Crippen LogP contribution >= 0.6 is 0 Å². The van der Waals surface area contributed by atoms with Crippen molar-refractivity contribution in [1.29, 1.82) is 0 Å². The smallest absolute Gasteiger partial charge is 0.154 e. The van der Waals surface area contributed by atoms with Crippen molar-refractivity contribution < 1.29 is 8.42 Å². The Kier molecular flexibility index (Phi) is 3.11. The summed E-state index contributed by atoms with van der Waals surface area (Å²) < 4.78 is 23.0. The van der Waals surface area contributed by atoms with E-state index in [0.29, 0.717) is 18.8 Å². The SMILES string of the molecule is O=S1(=O)CCCC1CNCc1ccc[nH]1. The molecule has 2 rings (SSSR count). The second-order valence-corrected chi connectivity index (χ2v) is 6.36. The molecule has 2 heterocycles. The van der Waals surface area contributed by atoms with Gasteiger partial charge in [-0.15, -0.1) is 0 Å². The van der Waals surface area contributed by atoms with Crippen molar-refractivity contribution >= 4 is 9.84 Å². The molecule has 2 N–H and O–H groups in total. The minimum absolute atomic E-state index is 0.174. The van der Waals surface area contributed by atoms with Crippen molar-refractivity contribution in [3.8, 4) is 0 Å². The molecule has 0 saturated carbocycles. The maximum atomic E-state index is 11.5. The molecule has 1 aromatic rings. The molecule has 0 spiro atoms. The molecule has 0 aromatic carbocycles. The molecule has 15 heavy (non-hydrogen) atoms. The Balaban J connectivity index is 1.79. The summed E-state index contributed by atoms with van der Waals surface area (Å²) in [6.45, 7) is 1.28. The highest BCUT2D eigenvalue weighted by atomic mass is 32.2. The van der Waals surface area contributed by atoms with Crippen LogP contribution in [0.5, 0.6) is 0 Å². The summed E-state index contributed by atoms with van der Waals surface area (Å²) in [6, 6.07) is 3.92. The number of hydrogen-bond donors (Lipinski definition) is 2. The summed E-state index contributed by atoms with van der Waals surface area (Å²) in [7, 11) is -2.80. The average Bonchev–Trinajstić information content (AvgIpc) is 2.77. The molecule has 1 fully saturated rings. The molecule has 1 saturated heterocycles. The fourth-order valence-electron chi connectivity index (χ4n) is 1.93. The molecule has 1 atom stereocenters. The number of rotatable bonds is 4. The van der Waals surface area contributed by atoms with E-state index in [-0.39, 0.29) is 5.25 Å². The lowest BCUT2D eigenvalue weighted by Crippen LogP contribution is -2.30. The van der Waals surface area contributed by atoms with Crippen LogP contribution in [0.4, 0.5) is 0 Å². The van der Waals surface area contributed by atoms with Crippen LogP contribution in [0.2, 0.25) is 0 Å². The number of aromatic amines is 1. The van der Waals surface area contributed by atoms with Gasteiger partial charge in [-0.25, -0.2) is 8.42 Å². The van der Waals surface area contributed by atoms with Gasteiger partial charge < -0.3 is 10.3 Å². The number of H-pyrrole nitrogens is 1. The standard InChI is InChI=1S/C10H16N2O2S/c13-15(14)6-2-4-10(15)8-11-7-9-3-1-5-12-9/h1,3,5,10-12H,2,4,6-8H2. The van der Waals surface area contributed by atoms with Crippen molar-refractivity contribution in [1.82, 2.24) is 10.3 Å². The van der Waals surface area contributed by atoms with Crippen molar-refractivity contribution in [3.05, 3.63) is 24.0 Å². The minimum atomic E-state index is -2.80. The van der Waals surface area contributed by atoms with Gasteiger partial charge in [0.2, 0.25) is 0 Å². The lowest BCUT2D eigenvalue weighted by atomic mass is 10.2. The summed E-state index contributed by atoms with van der Waals surface area (Å²) in [5, 5.41) is 3.00. The molecule has 1 aliphatic rings. The van der Waals surface area contributed by atoms with Crippen molar-refractivity contribution in [3.63, 3.8) is 0 Å². The molecule has 1 unspecified atom stereocenters. The van der Waals surface area contributed by atoms with Crippen LogP contribution in [0.1, 0.15) is 18.5 Å². The highest BCUT2D eigenvalue weighted by Crippen LogP contribution is 2.18. The van der Waals surface area contributed by atoms with Gasteiger partial charge in [-0.1, -0.05) is 0 Å². The normalized spacial score (nSPS) is 24.4. The Morgan fingerprint density at radius 1 is 1.53 bits per heavy atom. The Hall–Kier alpha value is -0.810. The lowest BCUT2D eigenvalue weighted by Gasteiger charge is -2.09. The highest BCUT2D eigenvalue weighted by Gasteiger charge is 2.30. The lowest BCUT2D eigenvalue weighted by molar-refractivity contribution is 0.572. The largest absolute Gasteiger partial charge is 0.364 e. The van der Waals surface area contributed by atoms with Gasteiger partial charge in [0, 0.05) is 25.0 Å². The molecule has 0 amide bonds. The molecule has 1 aromatic heterocycles. The van der Waals surface area contributed by atoms with Gasteiger partial charge in [-0.05, 0) is 25.0 Å². The number of sulfone groups is 1. The van der Waals surface area contributed by atoms with Crippen LogP contribution in [-0.4, -0.2) is 30.9 Å². The Bertz CT molecular complexity index is 397. The molecule has 4 nitrogen and oxygen atoms in total. The van der Waals surface area contributed by atoms with E-state index in [1.165, 1.54) is 0 Å². The van der Waals surface area contributed by atoms with E-state index in [4.69, 9.17) is 0 Å². The van der Waals surface area contributed by atoms with Gasteiger partial charge in [-0.2, -0.15) is 0 Å². The number of aromatic nitrogens is 1. The molecular formula is C10H16N2O2S. The summed E-state index contributed by atoms with van der Waals surface area (Å²) in [4.78, 5) is 3.07. The molecule has 84 valence electrons. The molecule has 0 aliphatic carbocycles. The average molecular weight is 228 g/mol. The zero-order valence-electron chi connectivity index (χ0n) is 8.57. The van der Waals surface area contributed by atoms with Crippen LogP contribution in [0.25, 0.3) is 0 Å². The Labute approximate surface area is 90.0 Å². The first kappa shape index (κ1) is 10.7. The van der Waals surface area contributed by atoms with E-state index >= 15 is 0 Å². The number of hydrogen-bond acceptors (Lipinski definition) is 3. The van der Waals surface area contributed by atoms with Crippen molar-refractivity contribution in [2.45, 2.75) is 24.6 Å². The van der Waals surface area contributed by atoms with Crippen molar-refractivity contribution in [2.75, 3.05) is 12.3 Å². The van der Waals surface area contributed by atoms with E-state index in [1.54, 1.807) is 0 Å². The van der Waals surface area contributed by atoms with E-state index < -0.39 is 9.84 Å². The predicted molar refractivity (Wildman–Crippen MR) is 59.3 cm³/mol. The topological polar surface area (TPSA) is 62.0 Å². The van der Waals surface area contributed by atoms with Crippen molar-refractivity contribution in [2.24, 2.45) is 0 Å². The maximum Gasteiger partial charge on any atom is 0.154 e. The van der Waals surface area contributed by atoms with E-state index in [1.807, 2.05) is 18.3 Å². The quantitative estimate of drug-likeness (QED) is 0.796. The fourth-order valence-corrected chi connectivity index (χ4v) is 3.73. The highest BCUT2D eigenvalue weighted by molar-refractivity contribution is 7.92. The molecular weight excluding hydrogens is 212 g/mol. The zero-order valence-corrected chi connectivity index (χ0v) is 9.39. The second-order valence-electron chi connectivity index (χ2n) is 3.96. The first-order chi connectivity index (χ1) is 7.18. The Morgan fingerprint density at radius 3 is 3.00 bits per heavy atom. The van der Waals surface area contributed by atoms with Gasteiger partial charge in [0.1, 0.15) is 0 Å².